The Labute approximate surface area is 172 Å². The van der Waals surface area contributed by atoms with Crippen LogP contribution >= 0.6 is 0 Å². The van der Waals surface area contributed by atoms with Crippen molar-refractivity contribution in [3.8, 4) is 11.5 Å². The van der Waals surface area contributed by atoms with Crippen LogP contribution in [0, 0.1) is 0 Å². The molecule has 2 aromatic rings. The average molecular weight is 398 g/mol. The fraction of sp³-hybridized carbons (Fsp3) is 0.500. The van der Waals surface area contributed by atoms with E-state index in [-0.39, 0.29) is 12.2 Å². The highest BCUT2D eigenvalue weighted by atomic mass is 16.7. The minimum Gasteiger partial charge on any atom is -0.454 e. The topological polar surface area (TPSA) is 62.2 Å². The molecule has 1 unspecified atom stereocenters. The third-order valence-electron chi connectivity index (χ3n) is 6.19. The number of likely N-dealkylation sites (tertiary alicyclic amines) is 1. The summed E-state index contributed by atoms with van der Waals surface area (Å²) in [6.45, 7) is 8.85. The van der Waals surface area contributed by atoms with Crippen LogP contribution in [-0.4, -0.2) is 41.5 Å². The predicted molar refractivity (Wildman–Crippen MR) is 112 cm³/mol. The van der Waals surface area contributed by atoms with Crippen molar-refractivity contribution in [2.24, 2.45) is 0 Å². The fourth-order valence-electron chi connectivity index (χ4n) is 4.14. The van der Waals surface area contributed by atoms with Crippen LogP contribution in [0.5, 0.6) is 11.5 Å². The third kappa shape index (κ3) is 4.27. The summed E-state index contributed by atoms with van der Waals surface area (Å²) >= 11 is 0. The molecule has 156 valence electrons. The first-order valence-electron chi connectivity index (χ1n) is 10.4. The normalized spacial score (nSPS) is 19.9. The summed E-state index contributed by atoms with van der Waals surface area (Å²) in [6.07, 6.45) is 0.728. The van der Waals surface area contributed by atoms with Crippen LogP contribution in [0.1, 0.15) is 56.4 Å². The van der Waals surface area contributed by atoms with Gasteiger partial charge in [-0.15, -0.1) is 0 Å². The van der Waals surface area contributed by atoms with E-state index >= 15 is 0 Å². The summed E-state index contributed by atoms with van der Waals surface area (Å²) in [5.41, 5.74) is 2.32. The highest BCUT2D eigenvalue weighted by molar-refractivity contribution is 5.46. The quantitative estimate of drug-likeness (QED) is 0.823. The lowest BCUT2D eigenvalue weighted by Crippen LogP contribution is -2.43. The van der Waals surface area contributed by atoms with Crippen molar-refractivity contribution in [1.29, 1.82) is 0 Å². The fourth-order valence-corrected chi connectivity index (χ4v) is 4.14. The Morgan fingerprint density at radius 1 is 1.00 bits per heavy atom. The number of piperidine rings is 1. The van der Waals surface area contributed by atoms with E-state index in [4.69, 9.17) is 9.47 Å². The van der Waals surface area contributed by atoms with Crippen LogP contribution < -0.4 is 9.47 Å². The van der Waals surface area contributed by atoms with Gasteiger partial charge in [-0.05, 0) is 47.1 Å². The zero-order valence-corrected chi connectivity index (χ0v) is 17.5. The zero-order valence-electron chi connectivity index (χ0n) is 17.5. The molecule has 0 saturated carbocycles. The van der Waals surface area contributed by atoms with Gasteiger partial charge in [0.2, 0.25) is 6.79 Å². The summed E-state index contributed by atoms with van der Waals surface area (Å²) in [5, 5.41) is 21.8. The zero-order chi connectivity index (χ0) is 20.6. The molecular weight excluding hydrogens is 366 g/mol. The Morgan fingerprint density at radius 2 is 1.66 bits per heavy atom. The first-order chi connectivity index (χ1) is 13.7. The molecular formula is C24H31NO4. The number of rotatable bonds is 4. The van der Waals surface area contributed by atoms with E-state index in [9.17, 15) is 10.2 Å². The van der Waals surface area contributed by atoms with Gasteiger partial charge in [-0.1, -0.05) is 51.1 Å². The number of ether oxygens (including phenoxy) is 2. The number of β-amino-alcohol motifs (C(OH)–C–C–N with tert-alkyl or cyclic N) is 1. The molecule has 29 heavy (non-hydrogen) atoms. The van der Waals surface area contributed by atoms with Gasteiger partial charge in [0.15, 0.2) is 11.5 Å². The Hall–Kier alpha value is -2.08. The summed E-state index contributed by atoms with van der Waals surface area (Å²) < 4.78 is 10.8. The molecule has 0 aromatic heterocycles. The van der Waals surface area contributed by atoms with Crippen molar-refractivity contribution < 1.29 is 19.7 Å². The molecule has 0 bridgehead atoms. The van der Waals surface area contributed by atoms with Crippen LogP contribution in [0.3, 0.4) is 0 Å². The van der Waals surface area contributed by atoms with Crippen molar-refractivity contribution in [2.45, 2.75) is 50.7 Å². The molecule has 2 heterocycles. The first kappa shape index (κ1) is 20.2. The first-order valence-corrected chi connectivity index (χ1v) is 10.4. The highest BCUT2D eigenvalue weighted by Gasteiger charge is 2.35. The highest BCUT2D eigenvalue weighted by Crippen LogP contribution is 2.39. The Kier molecular flexibility index (Phi) is 5.32. The monoisotopic (exact) mass is 397 g/mol. The number of hydrogen-bond acceptors (Lipinski definition) is 5. The largest absolute Gasteiger partial charge is 0.454 e. The Bertz CT molecular complexity index is 848. The molecule has 0 radical (unpaired) electrons. The van der Waals surface area contributed by atoms with E-state index in [1.807, 2.05) is 30.3 Å². The maximum Gasteiger partial charge on any atom is 0.231 e. The molecule has 1 saturated heterocycles. The van der Waals surface area contributed by atoms with E-state index in [1.54, 1.807) is 0 Å². The lowest BCUT2D eigenvalue weighted by molar-refractivity contribution is -0.0345. The number of fused-ring (bicyclic) bond motifs is 1. The van der Waals surface area contributed by atoms with Gasteiger partial charge in [0.1, 0.15) is 0 Å². The second kappa shape index (κ2) is 7.63. The molecule has 2 aliphatic rings. The number of benzene rings is 2. The summed E-state index contributed by atoms with van der Waals surface area (Å²) in [4.78, 5) is 2.23. The van der Waals surface area contributed by atoms with Gasteiger partial charge in [0, 0.05) is 19.6 Å². The second-order valence-electron chi connectivity index (χ2n) is 9.29. The van der Waals surface area contributed by atoms with Gasteiger partial charge in [0.05, 0.1) is 11.7 Å². The van der Waals surface area contributed by atoms with Gasteiger partial charge in [-0.25, -0.2) is 0 Å². The Morgan fingerprint density at radius 3 is 2.31 bits per heavy atom. The van der Waals surface area contributed by atoms with E-state index in [0.717, 1.165) is 30.0 Å². The van der Waals surface area contributed by atoms with Gasteiger partial charge in [-0.2, -0.15) is 0 Å². The molecule has 2 N–H and O–H groups in total. The van der Waals surface area contributed by atoms with Crippen LogP contribution in [0.2, 0.25) is 0 Å². The summed E-state index contributed by atoms with van der Waals surface area (Å²) in [7, 11) is 0. The van der Waals surface area contributed by atoms with E-state index in [1.165, 1.54) is 5.56 Å². The smallest absolute Gasteiger partial charge is 0.231 e. The summed E-state index contributed by atoms with van der Waals surface area (Å²) in [6, 6.07) is 13.9. The standard InChI is InChI=1S/C24H31NO4/c1-23(2,3)18-6-4-17(5-7-18)20(26)15-25-12-10-24(27,11-13-25)19-8-9-21-22(14-19)29-16-28-21/h4-9,14,20,26-27H,10-13,15-16H2,1-3H3. The predicted octanol–water partition coefficient (Wildman–Crippen LogP) is 3.73. The van der Waals surface area contributed by atoms with Crippen molar-refractivity contribution in [2.75, 3.05) is 26.4 Å². The molecule has 0 aliphatic carbocycles. The third-order valence-corrected chi connectivity index (χ3v) is 6.19. The second-order valence-corrected chi connectivity index (χ2v) is 9.29. The van der Waals surface area contributed by atoms with Crippen molar-refractivity contribution in [3.63, 3.8) is 0 Å². The molecule has 2 aliphatic heterocycles. The molecule has 0 spiro atoms. The molecule has 0 amide bonds. The van der Waals surface area contributed by atoms with Crippen molar-refractivity contribution in [3.05, 3.63) is 59.2 Å². The van der Waals surface area contributed by atoms with E-state index < -0.39 is 11.7 Å². The Balaban J connectivity index is 1.36. The van der Waals surface area contributed by atoms with E-state index in [2.05, 4.69) is 37.8 Å². The van der Waals surface area contributed by atoms with Crippen LogP contribution in [-0.2, 0) is 11.0 Å². The van der Waals surface area contributed by atoms with Gasteiger partial charge >= 0.3 is 0 Å². The molecule has 1 atom stereocenters. The number of hydrogen-bond donors (Lipinski definition) is 2. The SMILES string of the molecule is CC(C)(C)c1ccc(C(O)CN2CCC(O)(c3ccc4c(c3)OCO4)CC2)cc1. The number of aliphatic hydroxyl groups is 2. The minimum atomic E-state index is -0.864. The van der Waals surface area contributed by atoms with Crippen molar-refractivity contribution in [1.82, 2.24) is 4.90 Å². The molecule has 1 fully saturated rings. The molecule has 5 heteroatoms. The van der Waals surface area contributed by atoms with Crippen LogP contribution in [0.15, 0.2) is 42.5 Å². The number of nitrogens with zero attached hydrogens (tertiary/aromatic N) is 1. The number of aliphatic hydroxyl groups excluding tert-OH is 1. The molecule has 2 aromatic carbocycles. The van der Waals surface area contributed by atoms with Gasteiger partial charge in [0.25, 0.3) is 0 Å². The maximum atomic E-state index is 11.2. The van der Waals surface area contributed by atoms with Gasteiger partial charge in [-0.3, -0.25) is 0 Å². The maximum absolute atomic E-state index is 11.2. The van der Waals surface area contributed by atoms with Crippen molar-refractivity contribution >= 4 is 0 Å². The van der Waals surface area contributed by atoms with Crippen LogP contribution in [0.4, 0.5) is 0 Å². The lowest BCUT2D eigenvalue weighted by atomic mass is 9.84. The van der Waals surface area contributed by atoms with E-state index in [0.29, 0.717) is 25.1 Å². The molecule has 4 rings (SSSR count). The van der Waals surface area contributed by atoms with Crippen LogP contribution in [0.25, 0.3) is 0 Å². The lowest BCUT2D eigenvalue weighted by Gasteiger charge is -2.39. The summed E-state index contributed by atoms with van der Waals surface area (Å²) in [5.74, 6) is 1.43. The van der Waals surface area contributed by atoms with Gasteiger partial charge < -0.3 is 24.6 Å². The molecule has 5 nitrogen and oxygen atoms in total. The minimum absolute atomic E-state index is 0.107. The average Bonchev–Trinajstić information content (AvgIpc) is 3.17.